The molecule has 1 aromatic heterocycles. The van der Waals surface area contributed by atoms with Crippen molar-refractivity contribution in [1.29, 1.82) is 0 Å². The molecule has 132 valence electrons. The molecular formula is C18H15FN4O2S. The van der Waals surface area contributed by atoms with Gasteiger partial charge in [-0.1, -0.05) is 24.3 Å². The quantitative estimate of drug-likeness (QED) is 0.769. The number of nitrogens with zero attached hydrogens (tertiary/aromatic N) is 3. The second kappa shape index (κ2) is 6.06. The zero-order chi connectivity index (χ0) is 18.3. The van der Waals surface area contributed by atoms with Gasteiger partial charge in [0.05, 0.1) is 4.90 Å². The van der Waals surface area contributed by atoms with Gasteiger partial charge in [-0.2, -0.15) is 0 Å². The summed E-state index contributed by atoms with van der Waals surface area (Å²) in [7, 11) is -1.84. The highest BCUT2D eigenvalue weighted by Crippen LogP contribution is 2.29. The Morgan fingerprint density at radius 1 is 1.19 bits per heavy atom. The Bertz CT molecular complexity index is 1120. The number of nitrogens with one attached hydrogen (secondary N) is 1. The molecule has 1 aliphatic rings. The van der Waals surface area contributed by atoms with Crippen LogP contribution < -0.4 is 4.72 Å². The molecule has 6 nitrogen and oxygen atoms in total. The van der Waals surface area contributed by atoms with Crippen LogP contribution in [-0.4, -0.2) is 23.8 Å². The van der Waals surface area contributed by atoms with E-state index < -0.39 is 21.9 Å². The number of halogens is 1. The Morgan fingerprint density at radius 3 is 2.73 bits per heavy atom. The summed E-state index contributed by atoms with van der Waals surface area (Å²) < 4.78 is 42.6. The molecule has 1 unspecified atom stereocenters. The van der Waals surface area contributed by atoms with Crippen LogP contribution in [0.1, 0.15) is 23.0 Å². The summed E-state index contributed by atoms with van der Waals surface area (Å²) in [5.74, 6) is 0.402. The van der Waals surface area contributed by atoms with E-state index in [9.17, 15) is 12.8 Å². The molecule has 0 aliphatic carbocycles. The van der Waals surface area contributed by atoms with E-state index in [4.69, 9.17) is 0 Å². The number of sulfonamides is 1. The summed E-state index contributed by atoms with van der Waals surface area (Å²) in [6.07, 6.45) is 3.38. The molecule has 3 aromatic rings. The van der Waals surface area contributed by atoms with Crippen LogP contribution in [-0.2, 0) is 17.1 Å². The van der Waals surface area contributed by atoms with Crippen LogP contribution >= 0.6 is 0 Å². The molecule has 2 heterocycles. The fourth-order valence-corrected chi connectivity index (χ4v) is 4.20. The number of amidine groups is 1. The number of hydrogen-bond donors (Lipinski definition) is 1. The first kappa shape index (κ1) is 16.5. The second-order valence-electron chi connectivity index (χ2n) is 5.93. The topological polar surface area (TPSA) is 76.3 Å². The van der Waals surface area contributed by atoms with Gasteiger partial charge in [0.2, 0.25) is 0 Å². The smallest absolute Gasteiger partial charge is 0.263 e. The number of rotatable bonds is 3. The maximum atomic E-state index is 13.8. The molecule has 2 aromatic carbocycles. The largest absolute Gasteiger partial charge is 0.336 e. The highest BCUT2D eigenvalue weighted by Gasteiger charge is 2.31. The van der Waals surface area contributed by atoms with Crippen molar-refractivity contribution in [1.82, 2.24) is 14.3 Å². The predicted molar refractivity (Wildman–Crippen MR) is 94.8 cm³/mol. The molecule has 1 N–H and O–H groups in total. The summed E-state index contributed by atoms with van der Waals surface area (Å²) in [6, 6.07) is 12.0. The van der Waals surface area contributed by atoms with Crippen molar-refractivity contribution in [2.24, 2.45) is 12.0 Å². The van der Waals surface area contributed by atoms with Crippen molar-refractivity contribution in [3.63, 3.8) is 0 Å². The monoisotopic (exact) mass is 370 g/mol. The summed E-state index contributed by atoms with van der Waals surface area (Å²) in [6.45, 7) is 0. The average molecular weight is 370 g/mol. The number of fused-ring (bicyclic) bond motifs is 1. The fraction of sp³-hybridized carbons (Fsp3) is 0.111. The van der Waals surface area contributed by atoms with E-state index in [1.165, 1.54) is 18.2 Å². The molecule has 1 aliphatic heterocycles. The lowest BCUT2D eigenvalue weighted by Crippen LogP contribution is -2.23. The molecule has 0 saturated heterocycles. The van der Waals surface area contributed by atoms with Gasteiger partial charge in [0.25, 0.3) is 10.0 Å². The zero-order valence-electron chi connectivity index (χ0n) is 13.8. The minimum absolute atomic E-state index is 0.177. The van der Waals surface area contributed by atoms with Crippen LogP contribution in [0.3, 0.4) is 0 Å². The lowest BCUT2D eigenvalue weighted by molar-refractivity contribution is 0.594. The number of aryl methyl sites for hydroxylation is 1. The summed E-state index contributed by atoms with van der Waals surface area (Å²) in [5, 5.41) is 0. The van der Waals surface area contributed by atoms with Crippen molar-refractivity contribution in [3.8, 4) is 0 Å². The van der Waals surface area contributed by atoms with Crippen LogP contribution in [0, 0.1) is 5.82 Å². The van der Waals surface area contributed by atoms with E-state index in [0.717, 1.165) is 0 Å². The Morgan fingerprint density at radius 2 is 2.00 bits per heavy atom. The van der Waals surface area contributed by atoms with Gasteiger partial charge in [0.1, 0.15) is 23.5 Å². The number of hydrogen-bond acceptors (Lipinski definition) is 4. The standard InChI is InChI=1S/C18H15FN4O2S/c1-23-10-9-20-18(23)16(12-5-4-6-13(19)11-12)21-17-14-7-2-3-8-15(14)26(24,25)22-17/h2-11,16H,1H3,(H,21,22). The molecule has 8 heteroatoms. The van der Waals surface area contributed by atoms with E-state index in [1.807, 2.05) is 7.05 Å². The van der Waals surface area contributed by atoms with Crippen molar-refractivity contribution >= 4 is 15.9 Å². The minimum atomic E-state index is -3.65. The number of benzene rings is 2. The van der Waals surface area contributed by atoms with Gasteiger partial charge in [-0.05, 0) is 29.8 Å². The van der Waals surface area contributed by atoms with E-state index in [1.54, 1.807) is 47.3 Å². The molecule has 4 rings (SSSR count). The number of imidazole rings is 1. The lowest BCUT2D eigenvalue weighted by atomic mass is 10.1. The highest BCUT2D eigenvalue weighted by molar-refractivity contribution is 7.90. The summed E-state index contributed by atoms with van der Waals surface area (Å²) >= 11 is 0. The van der Waals surface area contributed by atoms with E-state index in [-0.39, 0.29) is 10.7 Å². The summed E-state index contributed by atoms with van der Waals surface area (Å²) in [5.41, 5.74) is 1.07. The van der Waals surface area contributed by atoms with E-state index in [0.29, 0.717) is 17.0 Å². The zero-order valence-corrected chi connectivity index (χ0v) is 14.6. The van der Waals surface area contributed by atoms with Gasteiger partial charge in [-0.3, -0.25) is 9.71 Å². The molecule has 0 radical (unpaired) electrons. The first-order valence-corrected chi connectivity index (χ1v) is 9.37. The fourth-order valence-electron chi connectivity index (χ4n) is 2.96. The maximum absolute atomic E-state index is 13.8. The van der Waals surface area contributed by atoms with Gasteiger partial charge >= 0.3 is 0 Å². The molecule has 0 bridgehead atoms. The Kier molecular flexibility index (Phi) is 3.84. The molecule has 1 atom stereocenters. The van der Waals surface area contributed by atoms with E-state index >= 15 is 0 Å². The van der Waals surface area contributed by atoms with Crippen molar-refractivity contribution in [2.45, 2.75) is 10.9 Å². The number of aliphatic imine (C=N–C) groups is 1. The molecule has 0 amide bonds. The average Bonchev–Trinajstić information content (AvgIpc) is 3.14. The first-order valence-electron chi connectivity index (χ1n) is 7.88. The van der Waals surface area contributed by atoms with Gasteiger partial charge in [-0.15, -0.1) is 0 Å². The third-order valence-corrected chi connectivity index (χ3v) is 5.59. The third-order valence-electron chi connectivity index (χ3n) is 4.19. The molecule has 0 fully saturated rings. The summed E-state index contributed by atoms with van der Waals surface area (Å²) in [4.78, 5) is 9.09. The molecular weight excluding hydrogens is 355 g/mol. The SMILES string of the molecule is Cn1ccnc1C(N=C1NS(=O)(=O)c2ccccc21)c1cccc(F)c1. The Balaban J connectivity index is 1.89. The normalized spacial score (nSPS) is 17.7. The van der Waals surface area contributed by atoms with Crippen LogP contribution in [0.5, 0.6) is 0 Å². The van der Waals surface area contributed by atoms with Crippen LogP contribution in [0.25, 0.3) is 0 Å². The van der Waals surface area contributed by atoms with Crippen LogP contribution in [0.15, 0.2) is 70.8 Å². The predicted octanol–water partition coefficient (Wildman–Crippen LogP) is 2.39. The minimum Gasteiger partial charge on any atom is -0.336 e. The van der Waals surface area contributed by atoms with Crippen molar-refractivity contribution < 1.29 is 12.8 Å². The molecule has 26 heavy (non-hydrogen) atoms. The number of aromatic nitrogens is 2. The first-order chi connectivity index (χ1) is 12.5. The Hall–Kier alpha value is -3.00. The second-order valence-corrected chi connectivity index (χ2v) is 7.58. The van der Waals surface area contributed by atoms with Crippen molar-refractivity contribution in [3.05, 3.63) is 83.7 Å². The van der Waals surface area contributed by atoms with Crippen LogP contribution in [0.2, 0.25) is 0 Å². The van der Waals surface area contributed by atoms with Gasteiger partial charge in [-0.25, -0.2) is 17.8 Å². The Labute approximate surface area is 150 Å². The van der Waals surface area contributed by atoms with Gasteiger partial charge in [0.15, 0.2) is 0 Å². The molecule has 0 spiro atoms. The third kappa shape index (κ3) is 2.78. The maximum Gasteiger partial charge on any atom is 0.263 e. The van der Waals surface area contributed by atoms with Crippen LogP contribution in [0.4, 0.5) is 4.39 Å². The molecule has 0 saturated carbocycles. The van der Waals surface area contributed by atoms with Gasteiger partial charge < -0.3 is 4.57 Å². The van der Waals surface area contributed by atoms with Crippen molar-refractivity contribution in [2.75, 3.05) is 0 Å². The van der Waals surface area contributed by atoms with E-state index in [2.05, 4.69) is 14.7 Å². The van der Waals surface area contributed by atoms with Gasteiger partial charge in [0, 0.05) is 25.0 Å². The highest BCUT2D eigenvalue weighted by atomic mass is 32.2. The lowest BCUT2D eigenvalue weighted by Gasteiger charge is -2.14.